The molecule has 0 radical (unpaired) electrons. The Labute approximate surface area is 142 Å². The predicted octanol–water partition coefficient (Wildman–Crippen LogP) is 3.30. The number of amides is 1. The van der Waals surface area contributed by atoms with Gasteiger partial charge >= 0.3 is 6.09 Å². The fourth-order valence-corrected chi connectivity index (χ4v) is 2.98. The molecule has 0 spiro atoms. The molecule has 0 unspecified atom stereocenters. The maximum atomic E-state index is 11.7. The van der Waals surface area contributed by atoms with Crippen LogP contribution in [0.2, 0.25) is 0 Å². The highest BCUT2D eigenvalue weighted by Gasteiger charge is 2.23. The first-order valence-corrected chi connectivity index (χ1v) is 8.57. The Balaban J connectivity index is 1.48. The SMILES string of the molecule is CC(C)(C)OC(=O)NCC1CCN(c2nc3ccccc3[nH]2)CC1. The fraction of sp³-hybridized carbons (Fsp3) is 0.556. The van der Waals surface area contributed by atoms with Crippen molar-refractivity contribution < 1.29 is 9.53 Å². The van der Waals surface area contributed by atoms with Gasteiger partial charge in [0.25, 0.3) is 0 Å². The number of H-pyrrole nitrogens is 1. The highest BCUT2D eigenvalue weighted by Crippen LogP contribution is 2.23. The largest absolute Gasteiger partial charge is 0.444 e. The molecule has 2 N–H and O–H groups in total. The van der Waals surface area contributed by atoms with Gasteiger partial charge in [-0.3, -0.25) is 0 Å². The van der Waals surface area contributed by atoms with Crippen molar-refractivity contribution in [2.45, 2.75) is 39.2 Å². The van der Waals surface area contributed by atoms with E-state index in [0.717, 1.165) is 42.9 Å². The minimum absolute atomic E-state index is 0.331. The Morgan fingerprint density at radius 2 is 2.04 bits per heavy atom. The molecule has 1 amide bonds. The van der Waals surface area contributed by atoms with Crippen molar-refractivity contribution in [2.75, 3.05) is 24.5 Å². The molecule has 24 heavy (non-hydrogen) atoms. The van der Waals surface area contributed by atoms with Gasteiger partial charge < -0.3 is 19.9 Å². The number of hydrogen-bond donors (Lipinski definition) is 2. The summed E-state index contributed by atoms with van der Waals surface area (Å²) in [6.07, 6.45) is 1.74. The van der Waals surface area contributed by atoms with Crippen LogP contribution in [0.25, 0.3) is 11.0 Å². The van der Waals surface area contributed by atoms with Crippen LogP contribution in [-0.2, 0) is 4.74 Å². The molecule has 1 aromatic carbocycles. The van der Waals surface area contributed by atoms with Crippen LogP contribution >= 0.6 is 0 Å². The van der Waals surface area contributed by atoms with Gasteiger partial charge in [0.05, 0.1) is 11.0 Å². The number of hydrogen-bond acceptors (Lipinski definition) is 4. The van der Waals surface area contributed by atoms with Crippen LogP contribution < -0.4 is 10.2 Å². The molecule has 0 atom stereocenters. The molecule has 1 fully saturated rings. The van der Waals surface area contributed by atoms with Gasteiger partial charge in [0.15, 0.2) is 0 Å². The van der Waals surface area contributed by atoms with Gasteiger partial charge in [-0.05, 0) is 51.7 Å². The average Bonchev–Trinajstić information content (AvgIpc) is 2.96. The number of aromatic nitrogens is 2. The topological polar surface area (TPSA) is 70.2 Å². The van der Waals surface area contributed by atoms with E-state index in [1.165, 1.54) is 0 Å². The van der Waals surface area contributed by atoms with Crippen LogP contribution in [0.4, 0.5) is 10.7 Å². The second-order valence-corrected chi connectivity index (χ2v) is 7.39. The Kier molecular flexibility index (Phi) is 4.64. The van der Waals surface area contributed by atoms with Crippen molar-refractivity contribution in [3.63, 3.8) is 0 Å². The Morgan fingerprint density at radius 1 is 1.33 bits per heavy atom. The maximum absolute atomic E-state index is 11.7. The molecule has 1 aliphatic heterocycles. The van der Waals surface area contributed by atoms with E-state index in [1.54, 1.807) is 0 Å². The molecule has 1 aliphatic rings. The van der Waals surface area contributed by atoms with Gasteiger partial charge in [-0.1, -0.05) is 12.1 Å². The molecule has 1 aromatic heterocycles. The number of para-hydroxylation sites is 2. The number of rotatable bonds is 3. The number of anilines is 1. The Hall–Kier alpha value is -2.24. The quantitative estimate of drug-likeness (QED) is 0.906. The summed E-state index contributed by atoms with van der Waals surface area (Å²) in [5.74, 6) is 1.42. The third-order valence-electron chi connectivity index (χ3n) is 4.22. The second-order valence-electron chi connectivity index (χ2n) is 7.39. The molecule has 0 bridgehead atoms. The molecule has 2 aromatic rings. The lowest BCUT2D eigenvalue weighted by atomic mass is 9.97. The zero-order valence-corrected chi connectivity index (χ0v) is 14.6. The van der Waals surface area contributed by atoms with E-state index in [9.17, 15) is 4.79 Å². The summed E-state index contributed by atoms with van der Waals surface area (Å²) in [7, 11) is 0. The van der Waals surface area contributed by atoms with E-state index in [2.05, 4.69) is 20.2 Å². The first-order chi connectivity index (χ1) is 11.4. The molecule has 6 heteroatoms. The van der Waals surface area contributed by atoms with E-state index in [0.29, 0.717) is 12.5 Å². The van der Waals surface area contributed by atoms with Gasteiger partial charge in [-0.15, -0.1) is 0 Å². The third kappa shape index (κ3) is 4.19. The molecular weight excluding hydrogens is 304 g/mol. The van der Waals surface area contributed by atoms with Gasteiger partial charge in [0.2, 0.25) is 5.95 Å². The van der Waals surface area contributed by atoms with E-state index in [4.69, 9.17) is 4.74 Å². The van der Waals surface area contributed by atoms with Crippen LogP contribution in [0, 0.1) is 5.92 Å². The molecule has 130 valence electrons. The first-order valence-electron chi connectivity index (χ1n) is 8.57. The average molecular weight is 330 g/mol. The number of aromatic amines is 1. The summed E-state index contributed by atoms with van der Waals surface area (Å²) in [6.45, 7) is 8.18. The number of imidazole rings is 1. The monoisotopic (exact) mass is 330 g/mol. The number of piperidine rings is 1. The summed E-state index contributed by atoms with van der Waals surface area (Å²) in [6, 6.07) is 8.08. The lowest BCUT2D eigenvalue weighted by Crippen LogP contribution is -2.40. The minimum atomic E-state index is -0.450. The number of carbonyl (C=O) groups excluding carboxylic acids is 1. The van der Waals surface area contributed by atoms with Crippen LogP contribution in [0.3, 0.4) is 0 Å². The van der Waals surface area contributed by atoms with Crippen molar-refractivity contribution in [1.82, 2.24) is 15.3 Å². The number of ether oxygens (including phenoxy) is 1. The Bertz CT molecular complexity index is 663. The summed E-state index contributed by atoms with van der Waals surface area (Å²) in [5, 5.41) is 2.88. The van der Waals surface area contributed by atoms with Crippen LogP contribution in [0.5, 0.6) is 0 Å². The van der Waals surface area contributed by atoms with Gasteiger partial charge in [-0.2, -0.15) is 0 Å². The lowest BCUT2D eigenvalue weighted by molar-refractivity contribution is 0.0517. The number of nitrogens with one attached hydrogen (secondary N) is 2. The zero-order valence-electron chi connectivity index (χ0n) is 14.6. The van der Waals surface area contributed by atoms with Crippen molar-refractivity contribution in [2.24, 2.45) is 5.92 Å². The zero-order chi connectivity index (χ0) is 17.2. The van der Waals surface area contributed by atoms with Gasteiger partial charge in [0, 0.05) is 19.6 Å². The minimum Gasteiger partial charge on any atom is -0.444 e. The number of carbonyl (C=O) groups is 1. The summed E-state index contributed by atoms with van der Waals surface area (Å²) < 4.78 is 5.28. The number of fused-ring (bicyclic) bond motifs is 1. The smallest absolute Gasteiger partial charge is 0.407 e. The lowest BCUT2D eigenvalue weighted by Gasteiger charge is -2.32. The van der Waals surface area contributed by atoms with E-state index < -0.39 is 5.60 Å². The highest BCUT2D eigenvalue weighted by molar-refractivity contribution is 5.77. The number of nitrogens with zero attached hydrogens (tertiary/aromatic N) is 2. The second kappa shape index (κ2) is 6.71. The highest BCUT2D eigenvalue weighted by atomic mass is 16.6. The summed E-state index contributed by atoms with van der Waals surface area (Å²) in [5.41, 5.74) is 1.62. The van der Waals surface area contributed by atoms with Crippen molar-refractivity contribution in [1.29, 1.82) is 0 Å². The third-order valence-corrected chi connectivity index (χ3v) is 4.22. The molecule has 6 nitrogen and oxygen atoms in total. The molecule has 3 rings (SSSR count). The van der Waals surface area contributed by atoms with E-state index in [1.807, 2.05) is 45.0 Å². The molecule has 2 heterocycles. The van der Waals surface area contributed by atoms with Crippen LogP contribution in [0.15, 0.2) is 24.3 Å². The molecule has 1 saturated heterocycles. The van der Waals surface area contributed by atoms with Crippen molar-refractivity contribution in [3.05, 3.63) is 24.3 Å². The first kappa shape index (κ1) is 16.6. The van der Waals surface area contributed by atoms with Gasteiger partial charge in [-0.25, -0.2) is 9.78 Å². The van der Waals surface area contributed by atoms with Crippen LogP contribution in [0.1, 0.15) is 33.6 Å². The maximum Gasteiger partial charge on any atom is 0.407 e. The van der Waals surface area contributed by atoms with Crippen molar-refractivity contribution >= 4 is 23.1 Å². The molecular formula is C18H26N4O2. The van der Waals surface area contributed by atoms with Gasteiger partial charge in [0.1, 0.15) is 5.60 Å². The summed E-state index contributed by atoms with van der Waals surface area (Å²) >= 11 is 0. The number of alkyl carbamates (subject to hydrolysis) is 1. The fourth-order valence-electron chi connectivity index (χ4n) is 2.98. The Morgan fingerprint density at radius 3 is 2.71 bits per heavy atom. The normalized spacial score (nSPS) is 16.4. The molecule has 0 saturated carbocycles. The standard InChI is InChI=1S/C18H26N4O2/c1-18(2,3)24-17(23)19-12-13-8-10-22(11-9-13)16-20-14-6-4-5-7-15(14)21-16/h4-7,13H,8-12H2,1-3H3,(H,19,23)(H,20,21). The van der Waals surface area contributed by atoms with E-state index >= 15 is 0 Å². The molecule has 0 aliphatic carbocycles. The van der Waals surface area contributed by atoms with Crippen molar-refractivity contribution in [3.8, 4) is 0 Å². The number of benzene rings is 1. The van der Waals surface area contributed by atoms with E-state index in [-0.39, 0.29) is 6.09 Å². The van der Waals surface area contributed by atoms with Crippen LogP contribution in [-0.4, -0.2) is 41.3 Å². The summed E-state index contributed by atoms with van der Waals surface area (Å²) in [4.78, 5) is 22.0. The predicted molar refractivity (Wildman–Crippen MR) is 95.3 cm³/mol.